The van der Waals surface area contributed by atoms with Crippen molar-refractivity contribution in [2.75, 3.05) is 0 Å². The molecule has 0 aromatic heterocycles. The second-order valence-electron chi connectivity index (χ2n) is 10.5. The van der Waals surface area contributed by atoms with Gasteiger partial charge in [0.2, 0.25) is 0 Å². The second-order valence-corrected chi connectivity index (χ2v) is 10.5. The van der Waals surface area contributed by atoms with Crippen LogP contribution < -0.4 is 0 Å². The van der Waals surface area contributed by atoms with Crippen LogP contribution in [0.3, 0.4) is 0 Å². The van der Waals surface area contributed by atoms with Gasteiger partial charge in [-0.15, -0.1) is 0 Å². The number of hydrogen-bond donors (Lipinski definition) is 0. The summed E-state index contributed by atoms with van der Waals surface area (Å²) in [6.07, 6.45) is 36.7. The summed E-state index contributed by atoms with van der Waals surface area (Å²) in [5.41, 5.74) is 0. The number of unbranched alkanes of at least 4 members (excludes halogenated alkanes) is 24. The van der Waals surface area contributed by atoms with Crippen molar-refractivity contribution in [1.29, 1.82) is 0 Å². The minimum Gasteiger partial charge on any atom is -0.303 e. The third-order valence-electron chi connectivity index (χ3n) is 7.09. The first kappa shape index (κ1) is 32.3. The predicted molar refractivity (Wildman–Crippen MR) is 146 cm³/mol. The highest BCUT2D eigenvalue weighted by molar-refractivity contribution is 5.78. The molecule has 0 spiro atoms. The van der Waals surface area contributed by atoms with E-state index in [0.29, 0.717) is 12.2 Å². The van der Waals surface area contributed by atoms with Crippen molar-refractivity contribution in [2.24, 2.45) is 0 Å². The van der Waals surface area contributed by atoms with Crippen LogP contribution >= 0.6 is 0 Å². The SMILES string of the molecule is CCCCCCCCCCCCCCCCCCCCCC(=O)CCCCCCCCC=O. The van der Waals surface area contributed by atoms with Gasteiger partial charge in [0.25, 0.3) is 0 Å². The van der Waals surface area contributed by atoms with Crippen molar-refractivity contribution in [2.45, 2.75) is 187 Å². The van der Waals surface area contributed by atoms with Gasteiger partial charge in [-0.1, -0.05) is 148 Å². The molecule has 0 amide bonds. The van der Waals surface area contributed by atoms with Gasteiger partial charge < -0.3 is 4.79 Å². The molecule has 0 aliphatic carbocycles. The Morgan fingerprint density at radius 3 is 1.00 bits per heavy atom. The van der Waals surface area contributed by atoms with E-state index in [1.807, 2.05) is 0 Å². The maximum Gasteiger partial charge on any atom is 0.132 e. The molecule has 0 N–H and O–H groups in total. The fraction of sp³-hybridized carbons (Fsp3) is 0.935. The first-order valence-corrected chi connectivity index (χ1v) is 15.3. The molecule has 0 unspecified atom stereocenters. The first-order valence-electron chi connectivity index (χ1n) is 15.3. The van der Waals surface area contributed by atoms with Crippen LogP contribution in [0.1, 0.15) is 187 Å². The van der Waals surface area contributed by atoms with Crippen LogP contribution in [0.4, 0.5) is 0 Å². The van der Waals surface area contributed by atoms with Crippen LogP contribution in [-0.4, -0.2) is 12.1 Å². The van der Waals surface area contributed by atoms with Crippen molar-refractivity contribution >= 4 is 12.1 Å². The Hall–Kier alpha value is -0.660. The van der Waals surface area contributed by atoms with E-state index in [4.69, 9.17) is 0 Å². The van der Waals surface area contributed by atoms with Crippen LogP contribution in [0, 0.1) is 0 Å². The highest BCUT2D eigenvalue weighted by Crippen LogP contribution is 2.15. The predicted octanol–water partition coefficient (Wildman–Crippen LogP) is 10.7. The lowest BCUT2D eigenvalue weighted by atomic mass is 10.0. The van der Waals surface area contributed by atoms with Crippen molar-refractivity contribution in [3.8, 4) is 0 Å². The average Bonchev–Trinajstić information content (AvgIpc) is 2.82. The molecule has 0 rings (SSSR count). The number of carbonyl (C=O) groups excluding carboxylic acids is 2. The molecule has 0 heterocycles. The molecule has 0 saturated heterocycles. The maximum absolute atomic E-state index is 12.0. The standard InChI is InChI=1S/C31H60O2/c1-2-3-4-5-6-7-8-9-10-11-12-13-14-15-16-17-19-22-25-28-31(33)29-26-23-20-18-21-24-27-30-32/h30H,2-29H2,1H3. The quantitative estimate of drug-likeness (QED) is 0.0814. The molecule has 2 nitrogen and oxygen atoms in total. The molecule has 0 saturated carbocycles. The van der Waals surface area contributed by atoms with Crippen molar-refractivity contribution in [1.82, 2.24) is 0 Å². The number of ketones is 1. The van der Waals surface area contributed by atoms with E-state index >= 15 is 0 Å². The van der Waals surface area contributed by atoms with Gasteiger partial charge >= 0.3 is 0 Å². The molecular weight excluding hydrogens is 404 g/mol. The summed E-state index contributed by atoms with van der Waals surface area (Å²) in [5.74, 6) is 0.475. The summed E-state index contributed by atoms with van der Waals surface area (Å²) < 4.78 is 0. The van der Waals surface area contributed by atoms with E-state index in [1.165, 1.54) is 135 Å². The molecule has 0 aromatic rings. The lowest BCUT2D eigenvalue weighted by Gasteiger charge is -2.04. The Bertz CT molecular complexity index is 390. The Morgan fingerprint density at radius 2 is 0.697 bits per heavy atom. The molecule has 0 radical (unpaired) electrons. The van der Waals surface area contributed by atoms with Crippen LogP contribution in [-0.2, 0) is 9.59 Å². The molecule has 0 aliphatic rings. The van der Waals surface area contributed by atoms with E-state index in [-0.39, 0.29) is 0 Å². The minimum absolute atomic E-state index is 0.475. The molecule has 33 heavy (non-hydrogen) atoms. The van der Waals surface area contributed by atoms with Crippen LogP contribution in [0.25, 0.3) is 0 Å². The third-order valence-corrected chi connectivity index (χ3v) is 7.09. The number of hydrogen-bond acceptors (Lipinski definition) is 2. The van der Waals surface area contributed by atoms with E-state index in [0.717, 1.165) is 44.8 Å². The summed E-state index contributed by atoms with van der Waals surface area (Å²) in [7, 11) is 0. The fourth-order valence-electron chi connectivity index (χ4n) is 4.78. The van der Waals surface area contributed by atoms with Crippen LogP contribution in [0.15, 0.2) is 0 Å². The number of aldehydes is 1. The largest absolute Gasteiger partial charge is 0.303 e. The molecule has 0 fully saturated rings. The summed E-state index contributed by atoms with van der Waals surface area (Å²) in [4.78, 5) is 22.2. The zero-order valence-electron chi connectivity index (χ0n) is 22.7. The van der Waals surface area contributed by atoms with Gasteiger partial charge in [0.05, 0.1) is 0 Å². The van der Waals surface area contributed by atoms with Gasteiger partial charge in [0, 0.05) is 19.3 Å². The molecule has 196 valence electrons. The van der Waals surface area contributed by atoms with Gasteiger partial charge in [-0.3, -0.25) is 4.79 Å². The van der Waals surface area contributed by atoms with Gasteiger partial charge in [-0.05, 0) is 19.3 Å². The van der Waals surface area contributed by atoms with E-state index in [1.54, 1.807) is 0 Å². The second kappa shape index (κ2) is 29.4. The highest BCUT2D eigenvalue weighted by atomic mass is 16.1. The number of Topliss-reactive ketones (excluding diaryl/α,β-unsaturated/α-hetero) is 1. The number of carbonyl (C=O) groups is 2. The molecule has 2 heteroatoms. The minimum atomic E-state index is 0.475. The Kier molecular flexibility index (Phi) is 28.8. The summed E-state index contributed by atoms with van der Waals surface area (Å²) in [5, 5.41) is 0. The van der Waals surface area contributed by atoms with Crippen molar-refractivity contribution in [3.63, 3.8) is 0 Å². The smallest absolute Gasteiger partial charge is 0.132 e. The van der Waals surface area contributed by atoms with E-state index in [2.05, 4.69) is 6.92 Å². The third kappa shape index (κ3) is 29.3. The molecular formula is C31H60O2. The number of rotatable bonds is 29. The zero-order chi connectivity index (χ0) is 24.1. The molecule has 0 atom stereocenters. The average molecular weight is 465 g/mol. The van der Waals surface area contributed by atoms with Gasteiger partial charge in [0.15, 0.2) is 0 Å². The maximum atomic E-state index is 12.0. The van der Waals surface area contributed by atoms with Gasteiger partial charge in [-0.2, -0.15) is 0 Å². The monoisotopic (exact) mass is 464 g/mol. The van der Waals surface area contributed by atoms with Crippen LogP contribution in [0.5, 0.6) is 0 Å². The zero-order valence-corrected chi connectivity index (χ0v) is 22.7. The summed E-state index contributed by atoms with van der Waals surface area (Å²) in [6, 6.07) is 0. The van der Waals surface area contributed by atoms with Crippen LogP contribution in [0.2, 0.25) is 0 Å². The molecule has 0 aromatic carbocycles. The highest BCUT2D eigenvalue weighted by Gasteiger charge is 2.02. The fourth-order valence-corrected chi connectivity index (χ4v) is 4.78. The Labute approximate surface area is 208 Å². The summed E-state index contributed by atoms with van der Waals surface area (Å²) in [6.45, 7) is 2.29. The normalized spacial score (nSPS) is 11.2. The van der Waals surface area contributed by atoms with Crippen molar-refractivity contribution in [3.05, 3.63) is 0 Å². The summed E-state index contributed by atoms with van der Waals surface area (Å²) >= 11 is 0. The Balaban J connectivity index is 3.12. The molecule has 0 bridgehead atoms. The topological polar surface area (TPSA) is 34.1 Å². The van der Waals surface area contributed by atoms with Crippen molar-refractivity contribution < 1.29 is 9.59 Å². The Morgan fingerprint density at radius 1 is 0.424 bits per heavy atom. The lowest BCUT2D eigenvalue weighted by Crippen LogP contribution is -1.97. The lowest BCUT2D eigenvalue weighted by molar-refractivity contribution is -0.119. The van der Waals surface area contributed by atoms with E-state index in [9.17, 15) is 9.59 Å². The molecule has 0 aliphatic heterocycles. The van der Waals surface area contributed by atoms with E-state index < -0.39 is 0 Å². The van der Waals surface area contributed by atoms with Gasteiger partial charge in [-0.25, -0.2) is 0 Å². The van der Waals surface area contributed by atoms with Gasteiger partial charge in [0.1, 0.15) is 12.1 Å². The first-order chi connectivity index (χ1) is 16.3.